The van der Waals surface area contributed by atoms with Crippen molar-refractivity contribution in [2.45, 2.75) is 6.54 Å². The number of anilines is 1. The Morgan fingerprint density at radius 1 is 1.44 bits per heavy atom. The molecule has 0 aliphatic carbocycles. The number of nitrogens with one attached hydrogen (secondary N) is 1. The maximum absolute atomic E-state index is 4.55. The lowest BCUT2D eigenvalue weighted by Crippen LogP contribution is -1.97. The van der Waals surface area contributed by atoms with Gasteiger partial charge in [0, 0.05) is 29.8 Å². The van der Waals surface area contributed by atoms with Crippen LogP contribution < -0.4 is 5.32 Å². The number of aryl methyl sites for hydroxylation is 1. The van der Waals surface area contributed by atoms with Crippen LogP contribution in [0.2, 0.25) is 0 Å². The Morgan fingerprint density at radius 3 is 3.11 bits per heavy atom. The number of nitrogens with zero attached hydrogens (tertiary/aromatic N) is 3. The van der Waals surface area contributed by atoms with Crippen molar-refractivity contribution in [2.24, 2.45) is 7.05 Å². The largest absolute Gasteiger partial charge is 0.357 e. The molecule has 0 spiro atoms. The van der Waals surface area contributed by atoms with Gasteiger partial charge in [0.25, 0.3) is 0 Å². The van der Waals surface area contributed by atoms with E-state index in [1.165, 1.54) is 4.70 Å². The first-order valence-corrected chi connectivity index (χ1v) is 7.09. The lowest BCUT2D eigenvalue weighted by atomic mass is 10.3. The maximum Gasteiger partial charge on any atom is 0.184 e. The Balaban J connectivity index is 1.78. The van der Waals surface area contributed by atoms with E-state index in [1.54, 1.807) is 16.0 Å². The van der Waals surface area contributed by atoms with Gasteiger partial charge >= 0.3 is 0 Å². The van der Waals surface area contributed by atoms with Crippen molar-refractivity contribution in [3.05, 3.63) is 40.6 Å². The van der Waals surface area contributed by atoms with Crippen LogP contribution in [-0.4, -0.2) is 14.8 Å². The van der Waals surface area contributed by atoms with Crippen LogP contribution in [0.3, 0.4) is 0 Å². The molecule has 1 N–H and O–H groups in total. The zero-order chi connectivity index (χ0) is 12.5. The zero-order valence-corrected chi connectivity index (χ0v) is 12.1. The van der Waals surface area contributed by atoms with Crippen molar-refractivity contribution in [3.8, 4) is 0 Å². The van der Waals surface area contributed by atoms with E-state index in [0.29, 0.717) is 0 Å². The standard InChI is InChI=1S/C12H11BrN4S/c1-17-7-8(6-15-17)5-14-12-16-10-4-9(13)2-3-11(10)18-12/h2-4,6-7H,5H2,1H3,(H,14,16). The highest BCUT2D eigenvalue weighted by Crippen LogP contribution is 2.28. The third-order valence-electron chi connectivity index (χ3n) is 2.55. The van der Waals surface area contributed by atoms with Crippen molar-refractivity contribution in [1.29, 1.82) is 0 Å². The number of thiazole rings is 1. The molecule has 4 nitrogen and oxygen atoms in total. The van der Waals surface area contributed by atoms with Gasteiger partial charge in [-0.3, -0.25) is 4.68 Å². The molecule has 0 bridgehead atoms. The summed E-state index contributed by atoms with van der Waals surface area (Å²) in [5, 5.41) is 8.40. The molecule has 0 aliphatic rings. The zero-order valence-electron chi connectivity index (χ0n) is 9.72. The molecule has 3 rings (SSSR count). The third kappa shape index (κ3) is 2.39. The monoisotopic (exact) mass is 322 g/mol. The first-order chi connectivity index (χ1) is 8.70. The third-order valence-corrected chi connectivity index (χ3v) is 4.04. The van der Waals surface area contributed by atoms with E-state index >= 15 is 0 Å². The van der Waals surface area contributed by atoms with Crippen LogP contribution >= 0.6 is 27.3 Å². The van der Waals surface area contributed by atoms with E-state index in [9.17, 15) is 0 Å². The number of rotatable bonds is 3. The van der Waals surface area contributed by atoms with E-state index in [2.05, 4.69) is 37.4 Å². The number of halogens is 1. The summed E-state index contributed by atoms with van der Waals surface area (Å²) >= 11 is 5.12. The molecule has 1 aromatic carbocycles. The minimum Gasteiger partial charge on any atom is -0.357 e. The molecular weight excluding hydrogens is 312 g/mol. The predicted molar refractivity (Wildman–Crippen MR) is 77.9 cm³/mol. The van der Waals surface area contributed by atoms with Crippen LogP contribution in [0.25, 0.3) is 10.2 Å². The van der Waals surface area contributed by atoms with Crippen molar-refractivity contribution in [3.63, 3.8) is 0 Å². The number of benzene rings is 1. The molecular formula is C12H11BrN4S. The maximum atomic E-state index is 4.55. The van der Waals surface area contributed by atoms with Crippen molar-refractivity contribution < 1.29 is 0 Å². The Hall–Kier alpha value is -1.40. The van der Waals surface area contributed by atoms with E-state index < -0.39 is 0 Å². The van der Waals surface area contributed by atoms with Crippen LogP contribution in [0.4, 0.5) is 5.13 Å². The van der Waals surface area contributed by atoms with Gasteiger partial charge in [0.1, 0.15) is 0 Å². The summed E-state index contributed by atoms with van der Waals surface area (Å²) in [6, 6.07) is 6.14. The van der Waals surface area contributed by atoms with E-state index in [4.69, 9.17) is 0 Å². The number of hydrogen-bond acceptors (Lipinski definition) is 4. The molecule has 0 atom stereocenters. The molecule has 2 aromatic heterocycles. The summed E-state index contributed by atoms with van der Waals surface area (Å²) < 4.78 is 4.04. The fourth-order valence-corrected chi connectivity index (χ4v) is 2.91. The second kappa shape index (κ2) is 4.70. The van der Waals surface area contributed by atoms with Crippen LogP contribution in [0.15, 0.2) is 35.1 Å². The average Bonchev–Trinajstić information content (AvgIpc) is 2.92. The molecule has 0 unspecified atom stereocenters. The summed E-state index contributed by atoms with van der Waals surface area (Å²) in [5.74, 6) is 0. The highest BCUT2D eigenvalue weighted by molar-refractivity contribution is 9.10. The highest BCUT2D eigenvalue weighted by Gasteiger charge is 2.04. The summed E-state index contributed by atoms with van der Waals surface area (Å²) in [4.78, 5) is 4.55. The molecule has 6 heteroatoms. The predicted octanol–water partition coefficient (Wildman–Crippen LogP) is 3.40. The summed E-state index contributed by atoms with van der Waals surface area (Å²) in [7, 11) is 1.92. The first-order valence-electron chi connectivity index (χ1n) is 5.48. The molecule has 0 saturated carbocycles. The topological polar surface area (TPSA) is 42.7 Å². The van der Waals surface area contributed by atoms with Gasteiger partial charge in [0.2, 0.25) is 0 Å². The quantitative estimate of drug-likeness (QED) is 0.803. The lowest BCUT2D eigenvalue weighted by Gasteiger charge is -1.97. The van der Waals surface area contributed by atoms with Gasteiger partial charge < -0.3 is 5.32 Å². The number of hydrogen-bond donors (Lipinski definition) is 1. The number of fused-ring (bicyclic) bond motifs is 1. The van der Waals surface area contributed by atoms with Gasteiger partial charge in [-0.15, -0.1) is 0 Å². The second-order valence-corrected chi connectivity index (χ2v) is 5.95. The normalized spacial score (nSPS) is 11.0. The molecule has 18 heavy (non-hydrogen) atoms. The second-order valence-electron chi connectivity index (χ2n) is 4.01. The van der Waals surface area contributed by atoms with Gasteiger partial charge in [-0.2, -0.15) is 5.10 Å². The van der Waals surface area contributed by atoms with Crippen LogP contribution in [0.1, 0.15) is 5.56 Å². The SMILES string of the molecule is Cn1cc(CNc2nc3cc(Br)ccc3s2)cn1. The molecule has 0 radical (unpaired) electrons. The molecule has 0 fully saturated rings. The summed E-state index contributed by atoms with van der Waals surface area (Å²) in [6.07, 6.45) is 3.85. The molecule has 3 aromatic rings. The van der Waals surface area contributed by atoms with Gasteiger partial charge in [0.15, 0.2) is 5.13 Å². The van der Waals surface area contributed by atoms with Crippen LogP contribution in [-0.2, 0) is 13.6 Å². The molecule has 2 heterocycles. The molecule has 0 aliphatic heterocycles. The van der Waals surface area contributed by atoms with Crippen molar-refractivity contribution in [2.75, 3.05) is 5.32 Å². The Labute approximate surface area is 117 Å². The molecule has 0 amide bonds. The van der Waals surface area contributed by atoms with E-state index in [1.807, 2.05) is 31.6 Å². The van der Waals surface area contributed by atoms with Gasteiger partial charge in [-0.05, 0) is 18.2 Å². The van der Waals surface area contributed by atoms with Crippen LogP contribution in [0.5, 0.6) is 0 Å². The molecule has 0 saturated heterocycles. The van der Waals surface area contributed by atoms with E-state index in [0.717, 1.165) is 27.2 Å². The van der Waals surface area contributed by atoms with Crippen molar-refractivity contribution >= 4 is 42.6 Å². The Bertz CT molecular complexity index is 688. The summed E-state index contributed by atoms with van der Waals surface area (Å²) in [5.41, 5.74) is 2.17. The molecule has 92 valence electrons. The van der Waals surface area contributed by atoms with E-state index in [-0.39, 0.29) is 0 Å². The average molecular weight is 323 g/mol. The number of aromatic nitrogens is 3. The fourth-order valence-electron chi connectivity index (χ4n) is 1.72. The van der Waals surface area contributed by atoms with Gasteiger partial charge in [-0.1, -0.05) is 27.3 Å². The minimum atomic E-state index is 0.745. The van der Waals surface area contributed by atoms with Gasteiger partial charge in [-0.25, -0.2) is 4.98 Å². The minimum absolute atomic E-state index is 0.745. The Morgan fingerprint density at radius 2 is 2.33 bits per heavy atom. The van der Waals surface area contributed by atoms with Crippen molar-refractivity contribution in [1.82, 2.24) is 14.8 Å². The first kappa shape index (κ1) is 11.7. The fraction of sp³-hybridized carbons (Fsp3) is 0.167. The highest BCUT2D eigenvalue weighted by atomic mass is 79.9. The summed E-state index contributed by atoms with van der Waals surface area (Å²) in [6.45, 7) is 0.745. The van der Waals surface area contributed by atoms with Crippen LogP contribution in [0, 0.1) is 0 Å². The lowest BCUT2D eigenvalue weighted by molar-refractivity contribution is 0.767. The van der Waals surface area contributed by atoms with Gasteiger partial charge in [0.05, 0.1) is 16.4 Å². The Kier molecular flexibility index (Phi) is 3.05. The smallest absolute Gasteiger partial charge is 0.184 e.